The first-order chi connectivity index (χ1) is 13.5. The second-order valence-electron chi connectivity index (χ2n) is 8.39. The molecule has 2 amide bonds. The number of aromatic nitrogens is 2. The fourth-order valence-electron chi connectivity index (χ4n) is 4.50. The van der Waals surface area contributed by atoms with E-state index in [0.29, 0.717) is 25.4 Å². The first kappa shape index (κ1) is 20.7. The van der Waals surface area contributed by atoms with Crippen LogP contribution in [0.25, 0.3) is 0 Å². The van der Waals surface area contributed by atoms with Gasteiger partial charge in [0.2, 0.25) is 11.8 Å². The van der Waals surface area contributed by atoms with Crippen molar-refractivity contribution < 1.29 is 9.59 Å². The molecular weight excluding hydrogens is 352 g/mol. The van der Waals surface area contributed by atoms with Gasteiger partial charge in [-0.3, -0.25) is 9.59 Å². The number of piperidine rings is 1. The highest BCUT2D eigenvalue weighted by molar-refractivity contribution is 5.79. The predicted octanol–water partition coefficient (Wildman–Crippen LogP) is 3.20. The Kier molecular flexibility index (Phi) is 7.03. The normalized spacial score (nSPS) is 20.4. The van der Waals surface area contributed by atoms with Crippen LogP contribution in [0.5, 0.6) is 0 Å². The summed E-state index contributed by atoms with van der Waals surface area (Å²) in [6.07, 6.45) is 8.44. The standard InChI is InChI=1S/C22H34N4O2/c1-4-8-21(28)26-12-7-9-17(14-26)22-23-15(2)19(16(3)24-22)13-20(27)25-18-10-5-6-11-18/h17-18H,4-14H2,1-3H3,(H,25,27)/t17-/m1/s1. The molecule has 1 saturated heterocycles. The lowest BCUT2D eigenvalue weighted by Gasteiger charge is -2.32. The van der Waals surface area contributed by atoms with Gasteiger partial charge in [0.1, 0.15) is 5.82 Å². The van der Waals surface area contributed by atoms with Gasteiger partial charge in [0.05, 0.1) is 6.42 Å². The maximum atomic E-state index is 12.4. The van der Waals surface area contributed by atoms with Gasteiger partial charge in [-0.15, -0.1) is 0 Å². The van der Waals surface area contributed by atoms with Gasteiger partial charge in [-0.25, -0.2) is 9.97 Å². The SMILES string of the molecule is CCCC(=O)N1CCC[C@@H](c2nc(C)c(CC(=O)NC3CCCC3)c(C)n2)C1. The van der Waals surface area contributed by atoms with Crippen LogP contribution in [0.4, 0.5) is 0 Å². The van der Waals surface area contributed by atoms with Crippen LogP contribution in [-0.4, -0.2) is 45.8 Å². The molecule has 1 saturated carbocycles. The molecule has 1 N–H and O–H groups in total. The van der Waals surface area contributed by atoms with E-state index in [1.54, 1.807) is 0 Å². The van der Waals surface area contributed by atoms with Crippen LogP contribution < -0.4 is 5.32 Å². The van der Waals surface area contributed by atoms with Crippen LogP contribution in [0.3, 0.4) is 0 Å². The van der Waals surface area contributed by atoms with Crippen molar-refractivity contribution in [2.45, 2.75) is 90.5 Å². The Hall–Kier alpha value is -1.98. The molecule has 0 bridgehead atoms. The molecule has 2 aliphatic rings. The summed E-state index contributed by atoms with van der Waals surface area (Å²) in [5.41, 5.74) is 2.72. The van der Waals surface area contributed by atoms with Crippen molar-refractivity contribution >= 4 is 11.8 Å². The van der Waals surface area contributed by atoms with Crippen LogP contribution in [0.15, 0.2) is 0 Å². The molecule has 154 valence electrons. The summed E-state index contributed by atoms with van der Waals surface area (Å²) in [4.78, 5) is 36.2. The highest BCUT2D eigenvalue weighted by atomic mass is 16.2. The summed E-state index contributed by atoms with van der Waals surface area (Å²) < 4.78 is 0. The summed E-state index contributed by atoms with van der Waals surface area (Å²) in [6.45, 7) is 7.53. The molecule has 0 spiro atoms. The second kappa shape index (κ2) is 9.48. The number of nitrogens with zero attached hydrogens (tertiary/aromatic N) is 3. The van der Waals surface area contributed by atoms with Crippen molar-refractivity contribution in [1.29, 1.82) is 0 Å². The zero-order chi connectivity index (χ0) is 20.1. The Morgan fingerprint density at radius 3 is 2.39 bits per heavy atom. The summed E-state index contributed by atoms with van der Waals surface area (Å²) in [5.74, 6) is 1.32. The average Bonchev–Trinajstić information content (AvgIpc) is 3.18. The van der Waals surface area contributed by atoms with Gasteiger partial charge < -0.3 is 10.2 Å². The molecule has 3 rings (SSSR count). The number of carbonyl (C=O) groups excluding carboxylic acids is 2. The highest BCUT2D eigenvalue weighted by Gasteiger charge is 2.27. The Balaban J connectivity index is 1.67. The lowest BCUT2D eigenvalue weighted by Crippen LogP contribution is -2.39. The van der Waals surface area contributed by atoms with Gasteiger partial charge in [0.15, 0.2) is 0 Å². The van der Waals surface area contributed by atoms with Gasteiger partial charge in [-0.05, 0) is 46.0 Å². The van der Waals surface area contributed by atoms with Crippen LogP contribution in [0.1, 0.15) is 87.0 Å². The summed E-state index contributed by atoms with van der Waals surface area (Å²) >= 11 is 0. The Labute approximate surface area is 168 Å². The number of rotatable bonds is 6. The molecule has 28 heavy (non-hydrogen) atoms. The molecule has 1 aromatic heterocycles. The van der Waals surface area contributed by atoms with Crippen molar-refractivity contribution in [2.75, 3.05) is 13.1 Å². The largest absolute Gasteiger partial charge is 0.353 e. The molecule has 6 nitrogen and oxygen atoms in total. The minimum Gasteiger partial charge on any atom is -0.353 e. The summed E-state index contributed by atoms with van der Waals surface area (Å²) in [6, 6.07) is 0.335. The molecule has 1 aliphatic carbocycles. The van der Waals surface area contributed by atoms with Crippen LogP contribution >= 0.6 is 0 Å². The third kappa shape index (κ3) is 5.09. The molecule has 0 radical (unpaired) electrons. The van der Waals surface area contributed by atoms with Gasteiger partial charge in [-0.1, -0.05) is 19.8 Å². The number of hydrogen-bond acceptors (Lipinski definition) is 4. The summed E-state index contributed by atoms with van der Waals surface area (Å²) in [7, 11) is 0. The molecule has 0 aromatic carbocycles. The topological polar surface area (TPSA) is 75.2 Å². The van der Waals surface area contributed by atoms with Crippen molar-refractivity contribution in [3.63, 3.8) is 0 Å². The Morgan fingerprint density at radius 1 is 1.07 bits per heavy atom. The minimum absolute atomic E-state index is 0.0726. The first-order valence-corrected chi connectivity index (χ1v) is 10.9. The Bertz CT molecular complexity index is 689. The lowest BCUT2D eigenvalue weighted by atomic mass is 9.96. The first-order valence-electron chi connectivity index (χ1n) is 10.9. The summed E-state index contributed by atoms with van der Waals surface area (Å²) in [5, 5.41) is 3.15. The fraction of sp³-hybridized carbons (Fsp3) is 0.727. The van der Waals surface area contributed by atoms with Crippen molar-refractivity contribution in [3.05, 3.63) is 22.8 Å². The van der Waals surface area contributed by atoms with E-state index in [-0.39, 0.29) is 17.7 Å². The van der Waals surface area contributed by atoms with E-state index in [4.69, 9.17) is 9.97 Å². The molecule has 2 fully saturated rings. The number of amides is 2. The van der Waals surface area contributed by atoms with E-state index < -0.39 is 0 Å². The van der Waals surface area contributed by atoms with Gasteiger partial charge in [-0.2, -0.15) is 0 Å². The lowest BCUT2D eigenvalue weighted by molar-refractivity contribution is -0.132. The third-order valence-corrected chi connectivity index (χ3v) is 6.10. The van der Waals surface area contributed by atoms with Crippen LogP contribution in [-0.2, 0) is 16.0 Å². The van der Waals surface area contributed by atoms with Crippen LogP contribution in [0.2, 0.25) is 0 Å². The molecule has 1 aromatic rings. The third-order valence-electron chi connectivity index (χ3n) is 6.10. The minimum atomic E-state index is 0.0726. The number of hydrogen-bond donors (Lipinski definition) is 1. The van der Waals surface area contributed by atoms with Crippen molar-refractivity contribution in [2.24, 2.45) is 0 Å². The van der Waals surface area contributed by atoms with E-state index in [9.17, 15) is 9.59 Å². The number of likely N-dealkylation sites (tertiary alicyclic amines) is 1. The number of nitrogens with one attached hydrogen (secondary N) is 1. The maximum Gasteiger partial charge on any atom is 0.224 e. The van der Waals surface area contributed by atoms with Gasteiger partial charge in [0, 0.05) is 48.4 Å². The molecule has 1 aliphatic heterocycles. The maximum absolute atomic E-state index is 12.4. The van der Waals surface area contributed by atoms with E-state index in [0.717, 1.165) is 61.4 Å². The second-order valence-corrected chi connectivity index (χ2v) is 8.39. The predicted molar refractivity (Wildman–Crippen MR) is 109 cm³/mol. The molecule has 6 heteroatoms. The molecule has 0 unspecified atom stereocenters. The van der Waals surface area contributed by atoms with Crippen LogP contribution in [0, 0.1) is 13.8 Å². The molecule has 1 atom stereocenters. The van der Waals surface area contributed by atoms with E-state index in [1.165, 1.54) is 12.8 Å². The quantitative estimate of drug-likeness (QED) is 0.815. The zero-order valence-corrected chi connectivity index (χ0v) is 17.6. The smallest absolute Gasteiger partial charge is 0.224 e. The van der Waals surface area contributed by atoms with E-state index in [1.807, 2.05) is 25.7 Å². The molecular formula is C22H34N4O2. The van der Waals surface area contributed by atoms with Crippen molar-refractivity contribution in [1.82, 2.24) is 20.2 Å². The fourth-order valence-corrected chi connectivity index (χ4v) is 4.50. The molecule has 2 heterocycles. The van der Waals surface area contributed by atoms with Crippen molar-refractivity contribution in [3.8, 4) is 0 Å². The number of carbonyl (C=O) groups is 2. The monoisotopic (exact) mass is 386 g/mol. The number of aryl methyl sites for hydroxylation is 2. The average molecular weight is 387 g/mol. The zero-order valence-electron chi connectivity index (χ0n) is 17.6. The van der Waals surface area contributed by atoms with Gasteiger partial charge in [0.25, 0.3) is 0 Å². The highest BCUT2D eigenvalue weighted by Crippen LogP contribution is 2.26. The van der Waals surface area contributed by atoms with E-state index in [2.05, 4.69) is 5.32 Å². The van der Waals surface area contributed by atoms with E-state index >= 15 is 0 Å². The Morgan fingerprint density at radius 2 is 1.75 bits per heavy atom. The van der Waals surface area contributed by atoms with Gasteiger partial charge >= 0.3 is 0 Å².